The molecule has 0 bridgehead atoms. The number of anilines is 1. The molecule has 0 saturated heterocycles. The first-order valence-electron chi connectivity index (χ1n) is 5.95. The minimum Gasteiger partial charge on any atom is -0.508 e. The summed E-state index contributed by atoms with van der Waals surface area (Å²) in [5, 5.41) is 22.4. The van der Waals surface area contributed by atoms with Crippen molar-refractivity contribution in [1.82, 2.24) is 14.5 Å². The Balaban J connectivity index is 1.94. The van der Waals surface area contributed by atoms with Crippen LogP contribution in [0, 0.1) is 0 Å². The van der Waals surface area contributed by atoms with Crippen LogP contribution in [0.5, 0.6) is 0 Å². The Bertz CT molecular complexity index is 674. The fraction of sp³-hybridized carbons (Fsp3) is 0.231. The lowest BCUT2D eigenvalue weighted by molar-refractivity contribution is 0.206. The normalized spacial score (nSPS) is 22.5. The molecule has 0 amide bonds. The van der Waals surface area contributed by atoms with E-state index in [0.29, 0.717) is 5.82 Å². The van der Waals surface area contributed by atoms with Crippen molar-refractivity contribution in [3.63, 3.8) is 0 Å². The maximum absolute atomic E-state index is 9.89. The van der Waals surface area contributed by atoms with E-state index in [0.717, 1.165) is 11.0 Å². The van der Waals surface area contributed by atoms with Gasteiger partial charge in [0, 0.05) is 13.2 Å². The molecule has 0 aromatic carbocycles. The zero-order valence-corrected chi connectivity index (χ0v) is 10.4. The molecule has 1 aliphatic rings. The molecule has 2 aromatic rings. The number of hydrogen-bond donors (Lipinski definition) is 3. The predicted molar refractivity (Wildman–Crippen MR) is 71.8 cm³/mol. The first-order chi connectivity index (χ1) is 9.15. The molecule has 6 nitrogen and oxygen atoms in total. The Labute approximate surface area is 109 Å². The highest BCUT2D eigenvalue weighted by atomic mass is 16.3. The summed E-state index contributed by atoms with van der Waals surface area (Å²) in [5.74, 6) is 0.721. The summed E-state index contributed by atoms with van der Waals surface area (Å²) in [6.07, 6.45) is 7.24. The third-order valence-electron chi connectivity index (χ3n) is 3.15. The first-order valence-corrected chi connectivity index (χ1v) is 5.95. The zero-order chi connectivity index (χ0) is 13.4. The Kier molecular flexibility index (Phi) is 2.72. The van der Waals surface area contributed by atoms with Gasteiger partial charge in [0.25, 0.3) is 0 Å². The van der Waals surface area contributed by atoms with E-state index >= 15 is 0 Å². The molecule has 0 saturated carbocycles. The van der Waals surface area contributed by atoms with Gasteiger partial charge in [0.2, 0.25) is 0 Å². The lowest BCUT2D eigenvalue weighted by Crippen LogP contribution is -2.32. The van der Waals surface area contributed by atoms with Crippen LogP contribution in [-0.2, 0) is 7.05 Å². The zero-order valence-electron chi connectivity index (χ0n) is 10.4. The number of aliphatic hydroxyl groups excluding tert-OH is 2. The van der Waals surface area contributed by atoms with Crippen molar-refractivity contribution in [2.75, 3.05) is 5.32 Å². The maximum atomic E-state index is 9.89. The molecule has 1 aliphatic carbocycles. The quantitative estimate of drug-likeness (QED) is 0.752. The van der Waals surface area contributed by atoms with Crippen molar-refractivity contribution in [2.45, 2.75) is 12.1 Å². The van der Waals surface area contributed by atoms with Crippen molar-refractivity contribution in [3.05, 3.63) is 42.6 Å². The van der Waals surface area contributed by atoms with E-state index in [9.17, 15) is 10.2 Å². The number of aryl methyl sites for hydroxylation is 1. The SMILES string of the molecule is Cn1ccc2ncnc(NC3C=CC(O)=CC3O)c21. The number of aliphatic hydroxyl groups is 2. The summed E-state index contributed by atoms with van der Waals surface area (Å²) in [5.41, 5.74) is 1.72. The van der Waals surface area contributed by atoms with Crippen molar-refractivity contribution >= 4 is 16.9 Å². The summed E-state index contributed by atoms with van der Waals surface area (Å²) >= 11 is 0. The molecule has 19 heavy (non-hydrogen) atoms. The molecule has 0 aliphatic heterocycles. The Morgan fingerprint density at radius 1 is 1.37 bits per heavy atom. The number of fused-ring (bicyclic) bond motifs is 1. The average Bonchev–Trinajstić information content (AvgIpc) is 2.76. The van der Waals surface area contributed by atoms with Crippen LogP contribution in [0.25, 0.3) is 11.0 Å². The monoisotopic (exact) mass is 258 g/mol. The highest BCUT2D eigenvalue weighted by Crippen LogP contribution is 2.22. The smallest absolute Gasteiger partial charge is 0.154 e. The molecule has 0 spiro atoms. The highest BCUT2D eigenvalue weighted by molar-refractivity contribution is 5.86. The fourth-order valence-electron chi connectivity index (χ4n) is 2.17. The molecular formula is C13H14N4O2. The minimum atomic E-state index is -0.796. The third-order valence-corrected chi connectivity index (χ3v) is 3.15. The molecule has 98 valence electrons. The molecule has 0 fully saturated rings. The van der Waals surface area contributed by atoms with E-state index < -0.39 is 6.10 Å². The van der Waals surface area contributed by atoms with Gasteiger partial charge in [0.05, 0.1) is 17.7 Å². The van der Waals surface area contributed by atoms with E-state index in [1.54, 1.807) is 12.2 Å². The van der Waals surface area contributed by atoms with Gasteiger partial charge in [0.1, 0.15) is 17.6 Å². The third kappa shape index (κ3) is 2.06. The second-order valence-electron chi connectivity index (χ2n) is 4.49. The topological polar surface area (TPSA) is 83.2 Å². The van der Waals surface area contributed by atoms with Crippen molar-refractivity contribution in [3.8, 4) is 0 Å². The number of aromatic nitrogens is 3. The summed E-state index contributed by atoms with van der Waals surface area (Å²) in [7, 11) is 1.91. The number of hydrogen-bond acceptors (Lipinski definition) is 5. The summed E-state index contributed by atoms with van der Waals surface area (Å²) in [6, 6.07) is 1.57. The Hall–Kier alpha value is -2.34. The van der Waals surface area contributed by atoms with Gasteiger partial charge < -0.3 is 20.1 Å². The molecule has 3 N–H and O–H groups in total. The number of allylic oxidation sites excluding steroid dienone is 1. The molecule has 2 heterocycles. The van der Waals surface area contributed by atoms with Gasteiger partial charge in [-0.2, -0.15) is 0 Å². The van der Waals surface area contributed by atoms with Gasteiger partial charge >= 0.3 is 0 Å². The van der Waals surface area contributed by atoms with E-state index in [4.69, 9.17) is 0 Å². The number of rotatable bonds is 2. The van der Waals surface area contributed by atoms with Crippen LogP contribution < -0.4 is 5.32 Å². The van der Waals surface area contributed by atoms with Crippen LogP contribution in [-0.4, -0.2) is 36.9 Å². The second kappa shape index (κ2) is 4.40. The van der Waals surface area contributed by atoms with E-state index in [1.807, 2.05) is 23.9 Å². The van der Waals surface area contributed by atoms with E-state index in [-0.39, 0.29) is 11.8 Å². The van der Waals surface area contributed by atoms with Crippen molar-refractivity contribution < 1.29 is 10.2 Å². The first kappa shape index (κ1) is 11.7. The molecule has 2 unspecified atom stereocenters. The summed E-state index contributed by atoms with van der Waals surface area (Å²) < 4.78 is 1.92. The van der Waals surface area contributed by atoms with Gasteiger partial charge in [0.15, 0.2) is 5.82 Å². The van der Waals surface area contributed by atoms with Gasteiger partial charge in [-0.1, -0.05) is 6.08 Å². The van der Waals surface area contributed by atoms with Crippen LogP contribution in [0.2, 0.25) is 0 Å². The van der Waals surface area contributed by atoms with Crippen LogP contribution >= 0.6 is 0 Å². The summed E-state index contributed by atoms with van der Waals surface area (Å²) in [6.45, 7) is 0. The predicted octanol–water partition coefficient (Wildman–Crippen LogP) is 1.12. The second-order valence-corrected chi connectivity index (χ2v) is 4.49. The standard InChI is InChI=1S/C13H14N4O2/c1-17-5-4-10-12(17)13(15-7-14-10)16-9-3-2-8(18)6-11(9)19/h2-7,9,11,18-19H,1H3,(H,14,15,16). The molecular weight excluding hydrogens is 244 g/mol. The Morgan fingerprint density at radius 3 is 3.00 bits per heavy atom. The maximum Gasteiger partial charge on any atom is 0.154 e. The molecule has 0 radical (unpaired) electrons. The van der Waals surface area contributed by atoms with Crippen LogP contribution in [0.15, 0.2) is 42.6 Å². The average molecular weight is 258 g/mol. The van der Waals surface area contributed by atoms with Crippen LogP contribution in [0.4, 0.5) is 5.82 Å². The Morgan fingerprint density at radius 2 is 2.21 bits per heavy atom. The van der Waals surface area contributed by atoms with Crippen molar-refractivity contribution in [2.24, 2.45) is 7.05 Å². The number of nitrogens with zero attached hydrogens (tertiary/aromatic N) is 3. The van der Waals surface area contributed by atoms with E-state index in [2.05, 4.69) is 15.3 Å². The summed E-state index contributed by atoms with van der Waals surface area (Å²) in [4.78, 5) is 8.40. The minimum absolute atomic E-state index is 0.0669. The molecule has 3 rings (SSSR count). The van der Waals surface area contributed by atoms with Crippen molar-refractivity contribution in [1.29, 1.82) is 0 Å². The van der Waals surface area contributed by atoms with Gasteiger partial charge in [-0.25, -0.2) is 9.97 Å². The highest BCUT2D eigenvalue weighted by Gasteiger charge is 2.20. The van der Waals surface area contributed by atoms with Gasteiger partial charge in [-0.05, 0) is 18.2 Å². The van der Waals surface area contributed by atoms with E-state index in [1.165, 1.54) is 12.4 Å². The molecule has 6 heteroatoms. The number of nitrogens with one attached hydrogen (secondary N) is 1. The molecule has 2 atom stereocenters. The van der Waals surface area contributed by atoms with Gasteiger partial charge in [-0.15, -0.1) is 0 Å². The van der Waals surface area contributed by atoms with Crippen LogP contribution in [0.1, 0.15) is 0 Å². The lowest BCUT2D eigenvalue weighted by Gasteiger charge is -2.22. The molecule has 2 aromatic heterocycles. The van der Waals surface area contributed by atoms with Crippen LogP contribution in [0.3, 0.4) is 0 Å². The fourth-order valence-corrected chi connectivity index (χ4v) is 2.17. The van der Waals surface area contributed by atoms with Gasteiger partial charge in [-0.3, -0.25) is 0 Å². The lowest BCUT2D eigenvalue weighted by atomic mass is 10.0. The largest absolute Gasteiger partial charge is 0.508 e.